The van der Waals surface area contributed by atoms with Crippen LogP contribution < -0.4 is 4.72 Å². The van der Waals surface area contributed by atoms with E-state index in [0.717, 1.165) is 17.7 Å². The third kappa shape index (κ3) is 4.80. The normalized spacial score (nSPS) is 14.5. The molecule has 1 N–H and O–H groups in total. The highest BCUT2D eigenvalue weighted by Gasteiger charge is 2.30. The second-order valence-electron chi connectivity index (χ2n) is 6.84. The summed E-state index contributed by atoms with van der Waals surface area (Å²) in [5, 5.41) is 0. The summed E-state index contributed by atoms with van der Waals surface area (Å²) >= 11 is 0. The molecule has 0 aliphatic rings. The molecular formula is C16H28N2O2S. The third-order valence-corrected chi connectivity index (χ3v) is 5.55. The lowest BCUT2D eigenvalue weighted by atomic mass is 9.85. The standard InChI is InChI=1S/C16H28N2O2S/c1-12-8-9-15(13(2)10-12)21(19,20)17-14(3)16(4,5)11-18(6)7/h8-10,14,17H,11H2,1-7H3/t14-/m0/s1. The number of aryl methyl sites for hydroxylation is 2. The predicted octanol–water partition coefficient (Wildman–Crippen LogP) is 2.56. The van der Waals surface area contributed by atoms with Gasteiger partial charge in [-0.2, -0.15) is 0 Å². The van der Waals surface area contributed by atoms with Gasteiger partial charge in [0.15, 0.2) is 0 Å². The number of nitrogens with zero attached hydrogens (tertiary/aromatic N) is 1. The maximum atomic E-state index is 12.6. The second-order valence-corrected chi connectivity index (χ2v) is 8.52. The van der Waals surface area contributed by atoms with Crippen LogP contribution in [-0.2, 0) is 10.0 Å². The fourth-order valence-electron chi connectivity index (χ4n) is 2.51. The van der Waals surface area contributed by atoms with Crippen LogP contribution in [-0.4, -0.2) is 40.0 Å². The van der Waals surface area contributed by atoms with E-state index in [0.29, 0.717) is 4.90 Å². The van der Waals surface area contributed by atoms with Gasteiger partial charge in [-0.15, -0.1) is 0 Å². The van der Waals surface area contributed by atoms with Gasteiger partial charge < -0.3 is 4.90 Å². The summed E-state index contributed by atoms with van der Waals surface area (Å²) in [6.45, 7) is 10.7. The molecule has 1 aromatic rings. The predicted molar refractivity (Wildman–Crippen MR) is 88.0 cm³/mol. The molecule has 5 heteroatoms. The summed E-state index contributed by atoms with van der Waals surface area (Å²) in [4.78, 5) is 2.43. The summed E-state index contributed by atoms with van der Waals surface area (Å²) in [6.07, 6.45) is 0. The molecule has 0 heterocycles. The maximum absolute atomic E-state index is 12.6. The van der Waals surface area contributed by atoms with Crippen LogP contribution in [0.5, 0.6) is 0 Å². The molecule has 0 spiro atoms. The minimum atomic E-state index is -3.49. The Morgan fingerprint density at radius 1 is 1.24 bits per heavy atom. The van der Waals surface area contributed by atoms with E-state index in [-0.39, 0.29) is 11.5 Å². The molecule has 0 radical (unpaired) electrons. The molecule has 0 amide bonds. The highest BCUT2D eigenvalue weighted by Crippen LogP contribution is 2.24. The van der Waals surface area contributed by atoms with Gasteiger partial charge in [-0.3, -0.25) is 0 Å². The third-order valence-electron chi connectivity index (χ3n) is 3.85. The van der Waals surface area contributed by atoms with Crippen molar-refractivity contribution in [3.8, 4) is 0 Å². The molecule has 0 aliphatic carbocycles. The first-order valence-electron chi connectivity index (χ1n) is 7.20. The summed E-state index contributed by atoms with van der Waals surface area (Å²) < 4.78 is 28.0. The summed E-state index contributed by atoms with van der Waals surface area (Å²) in [5.74, 6) is 0. The fraction of sp³-hybridized carbons (Fsp3) is 0.625. The molecule has 4 nitrogen and oxygen atoms in total. The Bertz CT molecular complexity index is 592. The quantitative estimate of drug-likeness (QED) is 0.878. The number of sulfonamides is 1. The van der Waals surface area contributed by atoms with Crippen molar-refractivity contribution < 1.29 is 8.42 Å². The highest BCUT2D eigenvalue weighted by molar-refractivity contribution is 7.89. The average molecular weight is 312 g/mol. The van der Waals surface area contributed by atoms with E-state index in [4.69, 9.17) is 0 Å². The van der Waals surface area contributed by atoms with Gasteiger partial charge in [-0.05, 0) is 51.9 Å². The van der Waals surface area contributed by atoms with Crippen LogP contribution in [0, 0.1) is 19.3 Å². The molecule has 21 heavy (non-hydrogen) atoms. The van der Waals surface area contributed by atoms with E-state index in [1.807, 2.05) is 47.0 Å². The van der Waals surface area contributed by atoms with Crippen molar-refractivity contribution in [2.75, 3.05) is 20.6 Å². The summed E-state index contributed by atoms with van der Waals surface area (Å²) in [5.41, 5.74) is 1.68. The molecule has 0 bridgehead atoms. The SMILES string of the molecule is Cc1ccc(S(=O)(=O)N[C@@H](C)C(C)(C)CN(C)C)c(C)c1. The molecule has 1 aromatic carbocycles. The molecule has 0 unspecified atom stereocenters. The molecule has 0 aromatic heterocycles. The lowest BCUT2D eigenvalue weighted by Crippen LogP contribution is -2.47. The lowest BCUT2D eigenvalue weighted by Gasteiger charge is -2.34. The van der Waals surface area contributed by atoms with E-state index in [9.17, 15) is 8.42 Å². The topological polar surface area (TPSA) is 49.4 Å². The molecule has 1 rings (SSSR count). The van der Waals surface area contributed by atoms with Crippen molar-refractivity contribution in [2.45, 2.75) is 45.6 Å². The zero-order chi connectivity index (χ0) is 16.4. The Morgan fingerprint density at radius 3 is 2.29 bits per heavy atom. The highest BCUT2D eigenvalue weighted by atomic mass is 32.2. The monoisotopic (exact) mass is 312 g/mol. The number of nitrogens with one attached hydrogen (secondary N) is 1. The van der Waals surface area contributed by atoms with Crippen LogP contribution in [0.25, 0.3) is 0 Å². The van der Waals surface area contributed by atoms with Gasteiger partial charge in [0, 0.05) is 12.6 Å². The number of hydrogen-bond donors (Lipinski definition) is 1. The van der Waals surface area contributed by atoms with Crippen LogP contribution in [0.4, 0.5) is 0 Å². The van der Waals surface area contributed by atoms with Crippen molar-refractivity contribution in [1.29, 1.82) is 0 Å². The van der Waals surface area contributed by atoms with Gasteiger partial charge >= 0.3 is 0 Å². The van der Waals surface area contributed by atoms with Crippen LogP contribution in [0.2, 0.25) is 0 Å². The summed E-state index contributed by atoms with van der Waals surface area (Å²) in [6, 6.07) is 5.24. The smallest absolute Gasteiger partial charge is 0.241 e. The maximum Gasteiger partial charge on any atom is 0.241 e. The van der Waals surface area contributed by atoms with Gasteiger partial charge in [-0.25, -0.2) is 13.1 Å². The Hall–Kier alpha value is -0.910. The number of benzene rings is 1. The minimum absolute atomic E-state index is 0.158. The van der Waals surface area contributed by atoms with Crippen molar-refractivity contribution in [2.24, 2.45) is 5.41 Å². The van der Waals surface area contributed by atoms with Crippen molar-refractivity contribution >= 4 is 10.0 Å². The van der Waals surface area contributed by atoms with Crippen LogP contribution in [0.3, 0.4) is 0 Å². The molecule has 0 saturated carbocycles. The number of hydrogen-bond acceptors (Lipinski definition) is 3. The lowest BCUT2D eigenvalue weighted by molar-refractivity contribution is 0.198. The van der Waals surface area contributed by atoms with Gasteiger partial charge in [0.25, 0.3) is 0 Å². The van der Waals surface area contributed by atoms with Crippen LogP contribution in [0.15, 0.2) is 23.1 Å². The molecule has 0 saturated heterocycles. The fourth-order valence-corrected chi connectivity index (χ4v) is 4.15. The average Bonchev–Trinajstić information content (AvgIpc) is 2.25. The van der Waals surface area contributed by atoms with E-state index in [2.05, 4.69) is 23.5 Å². The first kappa shape index (κ1) is 18.1. The van der Waals surface area contributed by atoms with Gasteiger partial charge in [0.1, 0.15) is 0 Å². The Labute approximate surface area is 129 Å². The van der Waals surface area contributed by atoms with Gasteiger partial charge in [-0.1, -0.05) is 31.5 Å². The van der Waals surface area contributed by atoms with E-state index in [1.54, 1.807) is 6.07 Å². The summed E-state index contributed by atoms with van der Waals surface area (Å²) in [7, 11) is 0.492. The zero-order valence-electron chi connectivity index (χ0n) is 14.2. The molecular weight excluding hydrogens is 284 g/mol. The Kier molecular flexibility index (Phi) is 5.58. The van der Waals surface area contributed by atoms with Crippen molar-refractivity contribution in [3.63, 3.8) is 0 Å². The molecule has 0 fully saturated rings. The Morgan fingerprint density at radius 2 is 1.81 bits per heavy atom. The molecule has 1 atom stereocenters. The van der Waals surface area contributed by atoms with Gasteiger partial charge in [0.2, 0.25) is 10.0 Å². The van der Waals surface area contributed by atoms with Crippen LogP contribution in [0.1, 0.15) is 31.9 Å². The molecule has 0 aliphatic heterocycles. The zero-order valence-corrected chi connectivity index (χ0v) is 15.0. The van der Waals surface area contributed by atoms with Crippen molar-refractivity contribution in [1.82, 2.24) is 9.62 Å². The van der Waals surface area contributed by atoms with E-state index in [1.165, 1.54) is 0 Å². The molecule has 120 valence electrons. The first-order valence-corrected chi connectivity index (χ1v) is 8.68. The van der Waals surface area contributed by atoms with Crippen molar-refractivity contribution in [3.05, 3.63) is 29.3 Å². The largest absolute Gasteiger partial charge is 0.309 e. The van der Waals surface area contributed by atoms with E-state index >= 15 is 0 Å². The minimum Gasteiger partial charge on any atom is -0.309 e. The Balaban J connectivity index is 3.00. The number of rotatable bonds is 6. The van der Waals surface area contributed by atoms with Crippen LogP contribution >= 0.6 is 0 Å². The first-order chi connectivity index (χ1) is 9.45. The van der Waals surface area contributed by atoms with E-state index < -0.39 is 10.0 Å². The second kappa shape index (κ2) is 6.46. The van der Waals surface area contributed by atoms with Gasteiger partial charge in [0.05, 0.1) is 4.90 Å².